The maximum atomic E-state index is 12.1. The second kappa shape index (κ2) is 6.67. The molecule has 0 atom stereocenters. The van der Waals surface area contributed by atoms with Gasteiger partial charge in [0, 0.05) is 18.8 Å². The number of nitrogens with one attached hydrogen (secondary N) is 3. The molecule has 1 heterocycles. The number of para-hydroxylation sites is 1. The van der Waals surface area contributed by atoms with Crippen LogP contribution < -0.4 is 16.4 Å². The van der Waals surface area contributed by atoms with Gasteiger partial charge in [0.15, 0.2) is 5.69 Å². The van der Waals surface area contributed by atoms with Gasteiger partial charge in [0.1, 0.15) is 0 Å². The molecule has 2 rings (SSSR count). The first-order valence-corrected chi connectivity index (χ1v) is 6.52. The van der Waals surface area contributed by atoms with Gasteiger partial charge in [-0.15, -0.1) is 0 Å². The number of aryl methyl sites for hydroxylation is 1. The molecule has 0 spiro atoms. The summed E-state index contributed by atoms with van der Waals surface area (Å²) in [7, 11) is 0. The Kier molecular flexibility index (Phi) is 4.68. The lowest BCUT2D eigenvalue weighted by Gasteiger charge is -2.10. The predicted molar refractivity (Wildman–Crippen MR) is 79.1 cm³/mol. The van der Waals surface area contributed by atoms with Gasteiger partial charge in [-0.2, -0.15) is 5.10 Å². The molecule has 0 bridgehead atoms. The monoisotopic (exact) mass is 287 g/mol. The lowest BCUT2D eigenvalue weighted by molar-refractivity contribution is 0.0955. The zero-order valence-corrected chi connectivity index (χ0v) is 11.6. The van der Waals surface area contributed by atoms with Crippen LogP contribution in [0.5, 0.6) is 0 Å². The quantitative estimate of drug-likeness (QED) is 0.647. The first kappa shape index (κ1) is 14.7. The molecule has 0 saturated carbocycles. The fraction of sp³-hybridized carbons (Fsp3) is 0.214. The minimum absolute atomic E-state index is 0.268. The first-order chi connectivity index (χ1) is 10.1. The van der Waals surface area contributed by atoms with Crippen LogP contribution in [0.15, 0.2) is 30.3 Å². The maximum absolute atomic E-state index is 12.1. The van der Waals surface area contributed by atoms with Gasteiger partial charge in [0.05, 0.1) is 11.3 Å². The molecule has 2 aromatic rings. The van der Waals surface area contributed by atoms with Crippen LogP contribution in [0, 0.1) is 6.92 Å². The van der Waals surface area contributed by atoms with Crippen LogP contribution in [0.1, 0.15) is 26.5 Å². The van der Waals surface area contributed by atoms with E-state index in [1.54, 1.807) is 37.3 Å². The SMILES string of the molecule is Cc1cc(C(=O)Nc2ccccc2C(=O)NCCN)n[nH]1. The van der Waals surface area contributed by atoms with E-state index >= 15 is 0 Å². The van der Waals surface area contributed by atoms with Crippen molar-refractivity contribution in [1.82, 2.24) is 15.5 Å². The van der Waals surface area contributed by atoms with E-state index in [9.17, 15) is 9.59 Å². The summed E-state index contributed by atoms with van der Waals surface area (Å²) < 4.78 is 0. The molecule has 1 aromatic carbocycles. The second-order valence-electron chi connectivity index (χ2n) is 4.48. The summed E-state index contributed by atoms with van der Waals surface area (Å²) in [6.45, 7) is 2.53. The lowest BCUT2D eigenvalue weighted by atomic mass is 10.1. The Hall–Kier alpha value is -2.67. The van der Waals surface area contributed by atoms with Crippen LogP contribution in [0.3, 0.4) is 0 Å². The van der Waals surface area contributed by atoms with Crippen molar-refractivity contribution in [1.29, 1.82) is 0 Å². The van der Waals surface area contributed by atoms with Crippen LogP contribution in [0.2, 0.25) is 0 Å². The Morgan fingerprint density at radius 2 is 2.05 bits per heavy atom. The number of nitrogens with zero attached hydrogens (tertiary/aromatic N) is 1. The molecule has 0 aliphatic rings. The van der Waals surface area contributed by atoms with Gasteiger partial charge in [-0.3, -0.25) is 14.7 Å². The number of benzene rings is 1. The minimum Gasteiger partial charge on any atom is -0.351 e. The molecule has 21 heavy (non-hydrogen) atoms. The molecule has 7 nitrogen and oxygen atoms in total. The van der Waals surface area contributed by atoms with Crippen molar-refractivity contribution < 1.29 is 9.59 Å². The van der Waals surface area contributed by atoms with Crippen molar-refractivity contribution in [3.05, 3.63) is 47.3 Å². The third-order valence-corrected chi connectivity index (χ3v) is 2.79. The van der Waals surface area contributed by atoms with Crippen LogP contribution in [0.25, 0.3) is 0 Å². The number of H-pyrrole nitrogens is 1. The average Bonchev–Trinajstić information content (AvgIpc) is 2.92. The molecule has 0 fully saturated rings. The smallest absolute Gasteiger partial charge is 0.276 e. The average molecular weight is 287 g/mol. The summed E-state index contributed by atoms with van der Waals surface area (Å²) in [6.07, 6.45) is 0. The van der Waals surface area contributed by atoms with E-state index in [2.05, 4.69) is 20.8 Å². The Morgan fingerprint density at radius 1 is 1.29 bits per heavy atom. The van der Waals surface area contributed by atoms with E-state index in [0.717, 1.165) is 5.69 Å². The van der Waals surface area contributed by atoms with E-state index in [0.29, 0.717) is 24.3 Å². The first-order valence-electron chi connectivity index (χ1n) is 6.52. The number of anilines is 1. The van der Waals surface area contributed by atoms with Crippen molar-refractivity contribution in [3.63, 3.8) is 0 Å². The molecule has 110 valence electrons. The van der Waals surface area contributed by atoms with E-state index in [4.69, 9.17) is 5.73 Å². The molecule has 5 N–H and O–H groups in total. The summed E-state index contributed by atoms with van der Waals surface area (Å²) >= 11 is 0. The van der Waals surface area contributed by atoms with Crippen LogP contribution in [0.4, 0.5) is 5.69 Å². The molecule has 0 aliphatic heterocycles. The van der Waals surface area contributed by atoms with Crippen LogP contribution in [-0.2, 0) is 0 Å². The summed E-state index contributed by atoms with van der Waals surface area (Å²) in [5.41, 5.74) is 7.22. The molecule has 2 amide bonds. The van der Waals surface area contributed by atoms with E-state index in [1.165, 1.54) is 0 Å². The van der Waals surface area contributed by atoms with Gasteiger partial charge in [-0.05, 0) is 25.1 Å². The van der Waals surface area contributed by atoms with Crippen molar-refractivity contribution in [2.24, 2.45) is 5.73 Å². The van der Waals surface area contributed by atoms with Crippen molar-refractivity contribution in [3.8, 4) is 0 Å². The number of nitrogens with two attached hydrogens (primary N) is 1. The van der Waals surface area contributed by atoms with Gasteiger partial charge in [-0.1, -0.05) is 12.1 Å². The van der Waals surface area contributed by atoms with E-state index in [1.807, 2.05) is 0 Å². The van der Waals surface area contributed by atoms with Gasteiger partial charge >= 0.3 is 0 Å². The van der Waals surface area contributed by atoms with Crippen molar-refractivity contribution >= 4 is 17.5 Å². The number of hydrogen-bond acceptors (Lipinski definition) is 4. The fourth-order valence-corrected chi connectivity index (χ4v) is 1.79. The number of hydrogen-bond donors (Lipinski definition) is 4. The Bertz CT molecular complexity index is 650. The molecule has 7 heteroatoms. The third kappa shape index (κ3) is 3.67. The highest BCUT2D eigenvalue weighted by Crippen LogP contribution is 2.16. The highest BCUT2D eigenvalue weighted by Gasteiger charge is 2.15. The van der Waals surface area contributed by atoms with Gasteiger partial charge in [0.2, 0.25) is 0 Å². The highest BCUT2D eigenvalue weighted by molar-refractivity contribution is 6.08. The number of carbonyl (C=O) groups excluding carboxylic acids is 2. The Balaban J connectivity index is 2.16. The van der Waals surface area contributed by atoms with Crippen LogP contribution in [-0.4, -0.2) is 35.1 Å². The number of aromatic amines is 1. The zero-order chi connectivity index (χ0) is 15.2. The third-order valence-electron chi connectivity index (χ3n) is 2.79. The Morgan fingerprint density at radius 3 is 2.71 bits per heavy atom. The number of rotatable bonds is 5. The largest absolute Gasteiger partial charge is 0.351 e. The summed E-state index contributed by atoms with van der Waals surface area (Å²) in [5, 5.41) is 11.9. The molecule has 0 unspecified atom stereocenters. The Labute approximate surface area is 121 Å². The maximum Gasteiger partial charge on any atom is 0.276 e. The summed E-state index contributed by atoms with van der Waals surface area (Å²) in [4.78, 5) is 24.1. The highest BCUT2D eigenvalue weighted by atomic mass is 16.2. The zero-order valence-electron chi connectivity index (χ0n) is 11.6. The summed E-state index contributed by atoms with van der Waals surface area (Å²) in [5.74, 6) is -0.659. The minimum atomic E-state index is -0.376. The van der Waals surface area contributed by atoms with Gasteiger partial charge in [0.25, 0.3) is 11.8 Å². The molecule has 1 aromatic heterocycles. The summed E-state index contributed by atoms with van der Waals surface area (Å²) in [6, 6.07) is 8.40. The van der Waals surface area contributed by atoms with E-state index < -0.39 is 0 Å². The standard InChI is InChI=1S/C14H17N5O2/c1-9-8-12(19-18-9)14(21)17-11-5-3-2-4-10(11)13(20)16-7-6-15/h2-5,8H,6-7,15H2,1H3,(H,16,20)(H,17,21)(H,18,19). The lowest BCUT2D eigenvalue weighted by Crippen LogP contribution is -2.30. The topological polar surface area (TPSA) is 113 Å². The number of carbonyl (C=O) groups is 2. The van der Waals surface area contributed by atoms with Gasteiger partial charge in [-0.25, -0.2) is 0 Å². The fourth-order valence-electron chi connectivity index (χ4n) is 1.79. The number of aromatic nitrogens is 2. The van der Waals surface area contributed by atoms with Crippen molar-refractivity contribution in [2.75, 3.05) is 18.4 Å². The number of amides is 2. The molecular weight excluding hydrogens is 270 g/mol. The molecular formula is C14H17N5O2. The van der Waals surface area contributed by atoms with E-state index in [-0.39, 0.29) is 17.5 Å². The molecule has 0 aliphatic carbocycles. The second-order valence-corrected chi connectivity index (χ2v) is 4.48. The predicted octanol–water partition coefficient (Wildman–Crippen LogP) is 0.659. The molecule has 0 saturated heterocycles. The van der Waals surface area contributed by atoms with Crippen molar-refractivity contribution in [2.45, 2.75) is 6.92 Å². The van der Waals surface area contributed by atoms with Gasteiger partial charge < -0.3 is 16.4 Å². The van der Waals surface area contributed by atoms with Crippen LogP contribution >= 0.6 is 0 Å². The normalized spacial score (nSPS) is 10.2. The molecule has 0 radical (unpaired) electrons.